The number of benzene rings is 1. The Morgan fingerprint density at radius 3 is 2.60 bits per heavy atom. The number of rotatable bonds is 1. The molecule has 0 aliphatic carbocycles. The predicted octanol–water partition coefficient (Wildman–Crippen LogP) is 2.45. The monoisotopic (exact) mass is 272 g/mol. The Bertz CT molecular complexity index is 221. The molecule has 0 saturated carbocycles. The molecule has 0 amide bonds. The van der Waals surface area contributed by atoms with Gasteiger partial charge in [0.1, 0.15) is 0 Å². The molecule has 0 N–H and O–H groups in total. The predicted molar refractivity (Wildman–Crippen MR) is 39.6 cm³/mol. The molecule has 1 aromatic rings. The molecule has 0 saturated heterocycles. The second-order valence-electron chi connectivity index (χ2n) is 1.83. The van der Waals surface area contributed by atoms with Crippen molar-refractivity contribution in [3.05, 3.63) is 28.5 Å². The number of hydrogen-bond donors (Lipinski definition) is 0. The molecule has 0 atom stereocenters. The Kier molecular flexibility index (Phi) is 3.28. The minimum absolute atomic E-state index is 0.177. The third kappa shape index (κ3) is 1.78. The van der Waals surface area contributed by atoms with Crippen LogP contribution >= 0.6 is 25.6 Å². The summed E-state index contributed by atoms with van der Waals surface area (Å²) < 4.78 is 14.3. The van der Waals surface area contributed by atoms with Crippen molar-refractivity contribution in [3.63, 3.8) is 0 Å². The summed E-state index contributed by atoms with van der Waals surface area (Å²) in [5, 5.41) is 0. The first kappa shape index (κ1) is 8.64. The van der Waals surface area contributed by atoms with Gasteiger partial charge in [-0.15, -0.1) is 0 Å². The zero-order valence-corrected chi connectivity index (χ0v) is 10.4. The van der Waals surface area contributed by atoms with Gasteiger partial charge in [0.05, 0.1) is 0 Å². The fraction of sp³-hybridized carbons (Fsp3) is 0. The molecular weight excluding hydrogens is 272 g/mol. The average molecular weight is 275 g/mol. The van der Waals surface area contributed by atoms with Crippen LogP contribution in [0.25, 0.3) is 0 Å². The van der Waals surface area contributed by atoms with Gasteiger partial charge in [0, 0.05) is 0 Å². The van der Waals surface area contributed by atoms with E-state index in [-0.39, 0.29) is 5.82 Å². The Hall–Kier alpha value is 0.543. The van der Waals surface area contributed by atoms with Gasteiger partial charge in [-0.1, -0.05) is 0 Å². The summed E-state index contributed by atoms with van der Waals surface area (Å²) in [6.07, 6.45) is 0. The van der Waals surface area contributed by atoms with Crippen molar-refractivity contribution in [2.75, 3.05) is 0 Å². The molecule has 50 valence electrons. The van der Waals surface area contributed by atoms with Crippen LogP contribution < -0.4 is 4.16 Å². The zero-order chi connectivity index (χ0) is 7.56. The van der Waals surface area contributed by atoms with Gasteiger partial charge in [0.15, 0.2) is 0 Å². The third-order valence-corrected chi connectivity index (χ3v) is 6.48. The van der Waals surface area contributed by atoms with E-state index in [1.54, 1.807) is 6.07 Å². The summed E-state index contributed by atoms with van der Waals surface area (Å²) in [7, 11) is 5.65. The van der Waals surface area contributed by atoms with Gasteiger partial charge >= 0.3 is 78.8 Å². The van der Waals surface area contributed by atoms with Crippen LogP contribution in [0.5, 0.6) is 0 Å². The molecule has 0 aliphatic rings. The summed E-state index contributed by atoms with van der Waals surface area (Å²) in [6.45, 7) is 0. The molecule has 0 radical (unpaired) electrons. The van der Waals surface area contributed by atoms with E-state index < -0.39 is 16.1 Å². The molecule has 4 heteroatoms. The summed E-state index contributed by atoms with van der Waals surface area (Å²) in [6, 6.07) is 4.91. The van der Waals surface area contributed by atoms with E-state index in [1.807, 2.05) is 6.07 Å². The summed E-state index contributed by atoms with van der Waals surface area (Å²) in [4.78, 5) is 0. The molecule has 0 aromatic heterocycles. The number of halogens is 3. The maximum atomic E-state index is 12.8. The second-order valence-corrected chi connectivity index (χ2v) is 6.12. The van der Waals surface area contributed by atoms with Crippen molar-refractivity contribution in [1.29, 1.82) is 0 Å². The molecule has 1 aromatic carbocycles. The van der Waals surface area contributed by atoms with Gasteiger partial charge in [-0.05, 0) is 0 Å². The summed E-state index contributed by atoms with van der Waals surface area (Å²) in [5.74, 6) is -0.177. The Morgan fingerprint density at radius 2 is 2.20 bits per heavy atom. The van der Waals surface area contributed by atoms with Crippen LogP contribution in [0.4, 0.5) is 4.39 Å². The van der Waals surface area contributed by atoms with E-state index in [2.05, 4.69) is 15.9 Å². The molecule has 0 aliphatic heterocycles. The molecule has 0 unspecified atom stereocenters. The molecule has 0 spiro atoms. The molecule has 10 heavy (non-hydrogen) atoms. The van der Waals surface area contributed by atoms with E-state index in [9.17, 15) is 4.39 Å². The van der Waals surface area contributed by atoms with Crippen LogP contribution in [-0.2, 0) is 16.1 Å². The summed E-state index contributed by atoms with van der Waals surface area (Å²) >= 11 is 1.92. The van der Waals surface area contributed by atoms with Crippen molar-refractivity contribution in [2.24, 2.45) is 0 Å². The first-order chi connectivity index (χ1) is 4.75. The standard InChI is InChI=1S/C6H3BrF.ClH.Zn/c7-5-2-1-3-6(8)4-5;;/h1-3H;1H;/q;;+1/p-1. The van der Waals surface area contributed by atoms with E-state index in [0.29, 0.717) is 4.16 Å². The van der Waals surface area contributed by atoms with Crippen LogP contribution in [0.15, 0.2) is 22.7 Å². The van der Waals surface area contributed by atoms with E-state index >= 15 is 0 Å². The number of hydrogen-bond acceptors (Lipinski definition) is 0. The van der Waals surface area contributed by atoms with Crippen molar-refractivity contribution in [2.45, 2.75) is 0 Å². The summed E-state index contributed by atoms with van der Waals surface area (Å²) in [5.41, 5.74) is 0. The average Bonchev–Trinajstić information content (AvgIpc) is 1.88. The Labute approximate surface area is 78.5 Å². The topological polar surface area (TPSA) is 0 Å². The van der Waals surface area contributed by atoms with Gasteiger partial charge in [-0.2, -0.15) is 0 Å². The van der Waals surface area contributed by atoms with E-state index in [4.69, 9.17) is 9.69 Å². The van der Waals surface area contributed by atoms with Gasteiger partial charge in [0.2, 0.25) is 0 Å². The van der Waals surface area contributed by atoms with Crippen LogP contribution in [-0.4, -0.2) is 0 Å². The van der Waals surface area contributed by atoms with Crippen LogP contribution in [0.1, 0.15) is 0 Å². The zero-order valence-electron chi connectivity index (χ0n) is 5.07. The molecule has 0 bridgehead atoms. The molecule has 1 rings (SSSR count). The SMILES string of the molecule is Fc1cccc(Br)[c]1[Zn][Cl]. The van der Waals surface area contributed by atoms with E-state index in [0.717, 1.165) is 4.47 Å². The van der Waals surface area contributed by atoms with Gasteiger partial charge < -0.3 is 0 Å². The normalized spacial score (nSPS) is 9.10. The van der Waals surface area contributed by atoms with Crippen molar-refractivity contribution in [1.82, 2.24) is 0 Å². The third-order valence-electron chi connectivity index (χ3n) is 1.20. The van der Waals surface area contributed by atoms with Gasteiger partial charge in [0.25, 0.3) is 0 Å². The minimum atomic E-state index is -1.31. The van der Waals surface area contributed by atoms with Crippen LogP contribution in [0.3, 0.4) is 0 Å². The van der Waals surface area contributed by atoms with Crippen molar-refractivity contribution in [3.8, 4) is 0 Å². The fourth-order valence-electron chi connectivity index (χ4n) is 0.660. The molecular formula is C6H3BrClFZn. The maximum absolute atomic E-state index is 12.8. The van der Waals surface area contributed by atoms with Gasteiger partial charge in [-0.3, -0.25) is 0 Å². The fourth-order valence-corrected chi connectivity index (χ4v) is 5.01. The molecule has 0 nitrogen and oxygen atoms in total. The van der Waals surface area contributed by atoms with Crippen molar-refractivity contribution < 1.29 is 20.5 Å². The Morgan fingerprint density at radius 1 is 1.50 bits per heavy atom. The van der Waals surface area contributed by atoms with Crippen molar-refractivity contribution >= 4 is 29.8 Å². The molecule has 0 heterocycles. The first-order valence-electron chi connectivity index (χ1n) is 2.74. The quantitative estimate of drug-likeness (QED) is 0.690. The first-order valence-corrected chi connectivity index (χ1v) is 8.92. The molecule has 0 fully saturated rings. The van der Waals surface area contributed by atoms with Gasteiger partial charge in [-0.25, -0.2) is 0 Å². The van der Waals surface area contributed by atoms with E-state index in [1.165, 1.54) is 6.07 Å². The second kappa shape index (κ2) is 3.80. The Balaban J connectivity index is 3.17. The van der Waals surface area contributed by atoms with Crippen LogP contribution in [0, 0.1) is 5.82 Å². The van der Waals surface area contributed by atoms with Crippen LogP contribution in [0.2, 0.25) is 0 Å².